The van der Waals surface area contributed by atoms with Crippen LogP contribution in [-0.4, -0.2) is 45.7 Å². The summed E-state index contributed by atoms with van der Waals surface area (Å²) in [5.41, 5.74) is 0. The number of pyridine rings is 1. The second-order valence-electron chi connectivity index (χ2n) is 5.80. The molecule has 25 heavy (non-hydrogen) atoms. The number of carbonyl (C=O) groups excluding carboxylic acids is 1. The quantitative estimate of drug-likeness (QED) is 0.765. The number of nitrogens with one attached hydrogen (secondary N) is 1. The van der Waals surface area contributed by atoms with Gasteiger partial charge in [0.05, 0.1) is 13.2 Å². The van der Waals surface area contributed by atoms with Crippen LogP contribution >= 0.6 is 27.3 Å². The van der Waals surface area contributed by atoms with Gasteiger partial charge in [0.1, 0.15) is 10.8 Å². The number of anilines is 1. The van der Waals surface area contributed by atoms with Gasteiger partial charge in [-0.25, -0.2) is 4.98 Å². The Balaban J connectivity index is 1.46. The van der Waals surface area contributed by atoms with Crippen LogP contribution in [0.15, 0.2) is 22.8 Å². The van der Waals surface area contributed by atoms with E-state index in [9.17, 15) is 4.79 Å². The lowest BCUT2D eigenvalue weighted by Crippen LogP contribution is -2.37. The predicted molar refractivity (Wildman–Crippen MR) is 99.6 cm³/mol. The van der Waals surface area contributed by atoms with E-state index in [1.54, 1.807) is 12.3 Å². The van der Waals surface area contributed by atoms with E-state index in [4.69, 9.17) is 4.74 Å². The number of likely N-dealkylation sites (tertiary alicyclic amines) is 1. The molecule has 134 valence electrons. The van der Waals surface area contributed by atoms with Gasteiger partial charge in [-0.05, 0) is 60.9 Å². The Morgan fingerprint density at radius 3 is 2.88 bits per heavy atom. The van der Waals surface area contributed by atoms with Gasteiger partial charge in [-0.2, -0.15) is 0 Å². The Morgan fingerprint density at radius 2 is 2.20 bits per heavy atom. The zero-order valence-corrected chi connectivity index (χ0v) is 16.3. The minimum atomic E-state index is 0.0232. The Hall–Kier alpha value is -1.58. The summed E-state index contributed by atoms with van der Waals surface area (Å²) in [4.78, 5) is 18.9. The highest BCUT2D eigenvalue weighted by Gasteiger charge is 2.25. The number of ether oxygens (including phenoxy) is 1. The Kier molecular flexibility index (Phi) is 6.33. The third kappa shape index (κ3) is 5.20. The molecule has 1 saturated heterocycles. The second-order valence-corrected chi connectivity index (χ2v) is 7.74. The van der Waals surface area contributed by atoms with Crippen LogP contribution in [0.5, 0.6) is 5.19 Å². The van der Waals surface area contributed by atoms with Gasteiger partial charge in [-0.15, -0.1) is 10.2 Å². The molecular formula is C16H20BrN5O2S. The molecule has 0 aromatic carbocycles. The van der Waals surface area contributed by atoms with Crippen LogP contribution in [0.1, 0.15) is 24.8 Å². The molecular weight excluding hydrogens is 406 g/mol. The molecule has 9 heteroatoms. The summed E-state index contributed by atoms with van der Waals surface area (Å²) in [6.45, 7) is 5.03. The lowest BCUT2D eigenvalue weighted by Gasteiger charge is -2.30. The van der Waals surface area contributed by atoms with E-state index >= 15 is 0 Å². The minimum Gasteiger partial charge on any atom is -0.469 e. The van der Waals surface area contributed by atoms with Crippen LogP contribution in [0.4, 0.5) is 5.82 Å². The molecule has 0 bridgehead atoms. The molecule has 0 atom stereocenters. The third-order valence-electron chi connectivity index (χ3n) is 4.01. The number of hydrogen-bond acceptors (Lipinski definition) is 7. The molecule has 3 heterocycles. The lowest BCUT2D eigenvalue weighted by atomic mass is 9.96. The summed E-state index contributed by atoms with van der Waals surface area (Å²) in [6, 6.07) is 3.66. The summed E-state index contributed by atoms with van der Waals surface area (Å²) in [5, 5.41) is 12.6. The first-order valence-corrected chi connectivity index (χ1v) is 9.85. The molecule has 0 unspecified atom stereocenters. The van der Waals surface area contributed by atoms with Gasteiger partial charge in [-0.1, -0.05) is 11.3 Å². The van der Waals surface area contributed by atoms with Gasteiger partial charge in [0.2, 0.25) is 5.91 Å². The van der Waals surface area contributed by atoms with Crippen molar-refractivity contribution < 1.29 is 9.53 Å². The first-order chi connectivity index (χ1) is 12.1. The summed E-state index contributed by atoms with van der Waals surface area (Å²) in [6.07, 6.45) is 3.34. The fraction of sp³-hybridized carbons (Fsp3) is 0.500. The van der Waals surface area contributed by atoms with Crippen molar-refractivity contribution in [2.24, 2.45) is 5.92 Å². The van der Waals surface area contributed by atoms with Gasteiger partial charge in [0.15, 0.2) is 0 Å². The highest BCUT2D eigenvalue weighted by Crippen LogP contribution is 2.23. The fourth-order valence-corrected chi connectivity index (χ4v) is 3.73. The molecule has 7 nitrogen and oxygen atoms in total. The highest BCUT2D eigenvalue weighted by atomic mass is 79.9. The summed E-state index contributed by atoms with van der Waals surface area (Å²) >= 11 is 4.82. The molecule has 2 aromatic heterocycles. The zero-order valence-electron chi connectivity index (χ0n) is 13.9. The molecule has 0 radical (unpaired) electrons. The van der Waals surface area contributed by atoms with Gasteiger partial charge < -0.3 is 10.1 Å². The van der Waals surface area contributed by atoms with E-state index in [-0.39, 0.29) is 11.8 Å². The van der Waals surface area contributed by atoms with Crippen molar-refractivity contribution in [2.75, 3.05) is 25.0 Å². The predicted octanol–water partition coefficient (Wildman–Crippen LogP) is 2.95. The molecule has 3 rings (SSSR count). The van der Waals surface area contributed by atoms with E-state index in [1.807, 2.05) is 13.0 Å². The minimum absolute atomic E-state index is 0.0232. The maximum absolute atomic E-state index is 12.4. The molecule has 1 aliphatic heterocycles. The number of carbonyl (C=O) groups is 1. The summed E-state index contributed by atoms with van der Waals surface area (Å²) in [7, 11) is 0. The summed E-state index contributed by atoms with van der Waals surface area (Å²) in [5.74, 6) is 0.659. The van der Waals surface area contributed by atoms with E-state index in [0.29, 0.717) is 17.6 Å². The van der Waals surface area contributed by atoms with Crippen molar-refractivity contribution in [1.29, 1.82) is 0 Å². The second kappa shape index (κ2) is 8.68. The zero-order chi connectivity index (χ0) is 17.6. The van der Waals surface area contributed by atoms with Crippen LogP contribution < -0.4 is 10.1 Å². The molecule has 1 N–H and O–H groups in total. The fourth-order valence-electron chi connectivity index (χ4n) is 2.71. The average molecular weight is 426 g/mol. The molecule has 1 aliphatic rings. The molecule has 1 fully saturated rings. The van der Waals surface area contributed by atoms with Crippen molar-refractivity contribution in [3.63, 3.8) is 0 Å². The Morgan fingerprint density at radius 1 is 1.40 bits per heavy atom. The first kappa shape index (κ1) is 18.2. The van der Waals surface area contributed by atoms with Crippen molar-refractivity contribution in [1.82, 2.24) is 20.1 Å². The third-order valence-corrected chi connectivity index (χ3v) is 5.30. The lowest BCUT2D eigenvalue weighted by molar-refractivity contribution is -0.121. The van der Waals surface area contributed by atoms with Crippen LogP contribution in [0.3, 0.4) is 0 Å². The van der Waals surface area contributed by atoms with E-state index < -0.39 is 0 Å². The van der Waals surface area contributed by atoms with E-state index in [0.717, 1.165) is 42.0 Å². The smallest absolute Gasteiger partial charge is 0.294 e. The van der Waals surface area contributed by atoms with Crippen molar-refractivity contribution >= 4 is 39.0 Å². The number of hydrogen-bond donors (Lipinski definition) is 1. The van der Waals surface area contributed by atoms with Crippen LogP contribution in [0.2, 0.25) is 0 Å². The molecule has 0 spiro atoms. The van der Waals surface area contributed by atoms with Gasteiger partial charge in [0.25, 0.3) is 5.19 Å². The molecule has 0 aliphatic carbocycles. The Bertz CT molecular complexity index is 701. The first-order valence-electron chi connectivity index (χ1n) is 8.24. The number of rotatable bonds is 6. The number of amides is 1. The van der Waals surface area contributed by atoms with Crippen molar-refractivity contribution in [3.8, 4) is 5.19 Å². The van der Waals surface area contributed by atoms with Gasteiger partial charge >= 0.3 is 0 Å². The topological polar surface area (TPSA) is 80.2 Å². The normalized spacial score (nSPS) is 15.9. The number of nitrogens with zero attached hydrogens (tertiary/aromatic N) is 4. The van der Waals surface area contributed by atoms with E-state index in [2.05, 4.69) is 41.3 Å². The number of piperidine rings is 1. The summed E-state index contributed by atoms with van der Waals surface area (Å²) < 4.78 is 6.24. The molecule has 0 saturated carbocycles. The average Bonchev–Trinajstić information content (AvgIpc) is 3.05. The van der Waals surface area contributed by atoms with Gasteiger partial charge in [-0.3, -0.25) is 9.69 Å². The van der Waals surface area contributed by atoms with Crippen molar-refractivity contribution in [2.45, 2.75) is 26.3 Å². The van der Waals surface area contributed by atoms with Crippen molar-refractivity contribution in [3.05, 3.63) is 27.8 Å². The van der Waals surface area contributed by atoms with Crippen LogP contribution in [0, 0.1) is 5.92 Å². The molecule has 1 amide bonds. The maximum Gasteiger partial charge on any atom is 0.294 e. The van der Waals surface area contributed by atoms with Gasteiger partial charge in [0, 0.05) is 16.6 Å². The monoisotopic (exact) mass is 425 g/mol. The maximum atomic E-state index is 12.4. The number of halogens is 1. The highest BCUT2D eigenvalue weighted by molar-refractivity contribution is 9.10. The molecule has 2 aromatic rings. The largest absolute Gasteiger partial charge is 0.469 e. The SMILES string of the molecule is CCOc1nnc(CN2CCC(C(=O)Nc3ccc(Br)cn3)CC2)s1. The Labute approximate surface area is 158 Å². The van der Waals surface area contributed by atoms with Crippen LogP contribution in [-0.2, 0) is 11.3 Å². The van der Waals surface area contributed by atoms with E-state index in [1.165, 1.54) is 11.3 Å². The standard InChI is InChI=1S/C16H20BrN5O2S/c1-2-24-16-21-20-14(25-16)10-22-7-5-11(6-8-22)15(23)19-13-4-3-12(17)9-18-13/h3-4,9,11H,2,5-8,10H2,1H3,(H,18,19,23). The number of aromatic nitrogens is 3. The van der Waals surface area contributed by atoms with Crippen LogP contribution in [0.25, 0.3) is 0 Å².